The Balaban J connectivity index is 1.62. The number of hydrogen-bond acceptors (Lipinski definition) is 4. The van der Waals surface area contributed by atoms with Crippen molar-refractivity contribution in [3.05, 3.63) is 58.0 Å². The lowest BCUT2D eigenvalue weighted by atomic mass is 10.3. The molecule has 0 aliphatic heterocycles. The van der Waals surface area contributed by atoms with E-state index in [1.54, 1.807) is 30.3 Å². The normalized spacial score (nSPS) is 10.8. The summed E-state index contributed by atoms with van der Waals surface area (Å²) in [6, 6.07) is 12.3. The second-order valence-electron chi connectivity index (χ2n) is 4.52. The highest BCUT2D eigenvalue weighted by Crippen LogP contribution is 2.21. The summed E-state index contributed by atoms with van der Waals surface area (Å²) in [6.45, 7) is 0. The fourth-order valence-electron chi connectivity index (χ4n) is 1.91. The number of benzene rings is 2. The molecule has 0 aliphatic rings. The summed E-state index contributed by atoms with van der Waals surface area (Å²) in [4.78, 5) is 26.5. The Hall–Kier alpha value is -2.18. The van der Waals surface area contributed by atoms with Crippen LogP contribution in [0.4, 0.5) is 5.69 Å². The van der Waals surface area contributed by atoms with E-state index in [9.17, 15) is 9.59 Å². The molecule has 0 atom stereocenters. The Labute approximate surface area is 134 Å². The number of fused-ring (bicyclic) bond motifs is 1. The molecule has 0 fully saturated rings. The molecule has 0 bridgehead atoms. The van der Waals surface area contributed by atoms with Crippen molar-refractivity contribution in [3.8, 4) is 0 Å². The van der Waals surface area contributed by atoms with Gasteiger partial charge >= 0.3 is 5.76 Å². The number of aromatic nitrogens is 1. The first-order valence-electron chi connectivity index (χ1n) is 6.41. The fraction of sp³-hybridized carbons (Fsp3) is 0.0667. The van der Waals surface area contributed by atoms with E-state index in [0.717, 1.165) is 4.90 Å². The van der Waals surface area contributed by atoms with Crippen LogP contribution in [0.25, 0.3) is 11.1 Å². The average Bonchev–Trinajstić information content (AvgIpc) is 2.86. The van der Waals surface area contributed by atoms with E-state index in [-0.39, 0.29) is 11.7 Å². The van der Waals surface area contributed by atoms with E-state index in [2.05, 4.69) is 10.3 Å². The summed E-state index contributed by atoms with van der Waals surface area (Å²) in [6.07, 6.45) is 0. The van der Waals surface area contributed by atoms with Crippen LogP contribution >= 0.6 is 23.4 Å². The van der Waals surface area contributed by atoms with E-state index >= 15 is 0 Å². The predicted octanol–water partition coefficient (Wildman–Crippen LogP) is 3.51. The molecule has 0 spiro atoms. The van der Waals surface area contributed by atoms with Gasteiger partial charge in [0, 0.05) is 15.6 Å². The third-order valence-corrected chi connectivity index (χ3v) is 4.15. The molecule has 2 aromatic carbocycles. The maximum absolute atomic E-state index is 11.9. The SMILES string of the molecule is O=C(CSc1ccc(Cl)cc1)Nc1ccc2oc(=O)[nH]c2c1. The van der Waals surface area contributed by atoms with Crippen LogP contribution in [0.5, 0.6) is 0 Å². The Morgan fingerprint density at radius 2 is 2.00 bits per heavy atom. The Bertz CT molecular complexity index is 870. The zero-order chi connectivity index (χ0) is 15.5. The van der Waals surface area contributed by atoms with Crippen LogP contribution in [0.2, 0.25) is 5.02 Å². The highest BCUT2D eigenvalue weighted by Gasteiger charge is 2.06. The third-order valence-electron chi connectivity index (χ3n) is 2.89. The van der Waals surface area contributed by atoms with Gasteiger partial charge in [-0.3, -0.25) is 9.78 Å². The number of carbonyl (C=O) groups is 1. The van der Waals surface area contributed by atoms with Gasteiger partial charge in [0.15, 0.2) is 5.58 Å². The van der Waals surface area contributed by atoms with Gasteiger partial charge in [0.05, 0.1) is 11.3 Å². The zero-order valence-corrected chi connectivity index (χ0v) is 12.8. The number of hydrogen-bond donors (Lipinski definition) is 2. The van der Waals surface area contributed by atoms with Gasteiger partial charge < -0.3 is 9.73 Å². The molecule has 22 heavy (non-hydrogen) atoms. The van der Waals surface area contributed by atoms with E-state index in [1.165, 1.54) is 11.8 Å². The Morgan fingerprint density at radius 1 is 1.23 bits per heavy atom. The first-order chi connectivity index (χ1) is 10.6. The summed E-state index contributed by atoms with van der Waals surface area (Å²) in [5, 5.41) is 3.44. The molecule has 2 N–H and O–H groups in total. The van der Waals surface area contributed by atoms with Gasteiger partial charge in [-0.15, -0.1) is 11.8 Å². The second-order valence-corrected chi connectivity index (χ2v) is 6.00. The standard InChI is InChI=1S/C15H11ClN2O3S/c16-9-1-4-11(5-2-9)22-8-14(19)17-10-3-6-13-12(7-10)18-15(20)21-13/h1-7H,8H2,(H,17,19)(H,18,20). The summed E-state index contributed by atoms with van der Waals surface area (Å²) in [7, 11) is 0. The minimum Gasteiger partial charge on any atom is -0.408 e. The highest BCUT2D eigenvalue weighted by molar-refractivity contribution is 8.00. The second kappa shape index (κ2) is 6.29. The van der Waals surface area contributed by atoms with Crippen molar-refractivity contribution in [2.75, 3.05) is 11.1 Å². The number of thioether (sulfide) groups is 1. The van der Waals surface area contributed by atoms with Gasteiger partial charge in [0.25, 0.3) is 0 Å². The molecule has 0 radical (unpaired) electrons. The third kappa shape index (κ3) is 3.52. The Morgan fingerprint density at radius 3 is 2.77 bits per heavy atom. The van der Waals surface area contributed by atoms with Crippen LogP contribution < -0.4 is 11.1 Å². The number of rotatable bonds is 4. The summed E-state index contributed by atoms with van der Waals surface area (Å²) in [5.41, 5.74) is 1.61. The number of nitrogens with one attached hydrogen (secondary N) is 2. The van der Waals surface area contributed by atoms with Crippen molar-refractivity contribution in [2.24, 2.45) is 0 Å². The molecule has 0 aliphatic carbocycles. The zero-order valence-electron chi connectivity index (χ0n) is 11.3. The van der Waals surface area contributed by atoms with Gasteiger partial charge in [-0.25, -0.2) is 4.79 Å². The van der Waals surface area contributed by atoms with Gasteiger partial charge in [-0.1, -0.05) is 11.6 Å². The van der Waals surface area contributed by atoms with E-state index < -0.39 is 5.76 Å². The quantitative estimate of drug-likeness (QED) is 0.716. The molecule has 3 rings (SSSR count). The first-order valence-corrected chi connectivity index (χ1v) is 7.77. The van der Waals surface area contributed by atoms with Crippen molar-refractivity contribution in [3.63, 3.8) is 0 Å². The molecule has 112 valence electrons. The van der Waals surface area contributed by atoms with Crippen molar-refractivity contribution < 1.29 is 9.21 Å². The molecule has 0 saturated carbocycles. The average molecular weight is 335 g/mol. The molecule has 7 heteroatoms. The lowest BCUT2D eigenvalue weighted by Gasteiger charge is -2.05. The van der Waals surface area contributed by atoms with Crippen molar-refractivity contribution >= 4 is 46.1 Å². The lowest BCUT2D eigenvalue weighted by Crippen LogP contribution is -2.13. The van der Waals surface area contributed by atoms with Gasteiger partial charge in [-0.05, 0) is 42.5 Å². The highest BCUT2D eigenvalue weighted by atomic mass is 35.5. The number of amides is 1. The van der Waals surface area contributed by atoms with Crippen LogP contribution in [0.15, 0.2) is 56.6 Å². The molecule has 3 aromatic rings. The summed E-state index contributed by atoms with van der Waals surface area (Å²) >= 11 is 7.23. The molecular formula is C15H11ClN2O3S. The van der Waals surface area contributed by atoms with E-state index in [4.69, 9.17) is 16.0 Å². The molecule has 0 saturated heterocycles. The molecule has 1 amide bonds. The van der Waals surface area contributed by atoms with Gasteiger partial charge in [0.1, 0.15) is 0 Å². The predicted molar refractivity (Wildman–Crippen MR) is 87.6 cm³/mol. The smallest absolute Gasteiger partial charge is 0.408 e. The maximum Gasteiger partial charge on any atom is 0.417 e. The van der Waals surface area contributed by atoms with Crippen LogP contribution in [-0.2, 0) is 4.79 Å². The monoisotopic (exact) mass is 334 g/mol. The molecule has 1 heterocycles. The first kappa shape index (κ1) is 14.7. The lowest BCUT2D eigenvalue weighted by molar-refractivity contribution is -0.113. The molecule has 5 nitrogen and oxygen atoms in total. The van der Waals surface area contributed by atoms with E-state index in [1.807, 2.05) is 12.1 Å². The van der Waals surface area contributed by atoms with Crippen molar-refractivity contribution in [1.82, 2.24) is 4.98 Å². The maximum atomic E-state index is 11.9. The van der Waals surface area contributed by atoms with Crippen LogP contribution in [0, 0.1) is 0 Å². The molecular weight excluding hydrogens is 324 g/mol. The largest absolute Gasteiger partial charge is 0.417 e. The fourth-order valence-corrected chi connectivity index (χ4v) is 2.73. The van der Waals surface area contributed by atoms with Crippen molar-refractivity contribution in [1.29, 1.82) is 0 Å². The minimum atomic E-state index is -0.517. The van der Waals surface area contributed by atoms with Crippen molar-refractivity contribution in [2.45, 2.75) is 4.90 Å². The number of anilines is 1. The topological polar surface area (TPSA) is 75.1 Å². The Kier molecular flexibility index (Phi) is 4.22. The van der Waals surface area contributed by atoms with Crippen LogP contribution in [0.3, 0.4) is 0 Å². The number of aromatic amines is 1. The molecule has 1 aromatic heterocycles. The van der Waals surface area contributed by atoms with E-state index in [0.29, 0.717) is 21.8 Å². The summed E-state index contributed by atoms with van der Waals surface area (Å²) < 4.78 is 4.90. The number of oxazole rings is 1. The number of halogens is 1. The van der Waals surface area contributed by atoms with Gasteiger partial charge in [0.2, 0.25) is 5.91 Å². The van der Waals surface area contributed by atoms with Gasteiger partial charge in [-0.2, -0.15) is 0 Å². The number of carbonyl (C=O) groups excluding carboxylic acids is 1. The van der Waals surface area contributed by atoms with Crippen LogP contribution in [-0.4, -0.2) is 16.6 Å². The number of H-pyrrole nitrogens is 1. The summed E-state index contributed by atoms with van der Waals surface area (Å²) in [5.74, 6) is -0.372. The molecule has 0 unspecified atom stereocenters. The minimum absolute atomic E-state index is 0.134. The van der Waals surface area contributed by atoms with Crippen LogP contribution in [0.1, 0.15) is 0 Å².